The van der Waals surface area contributed by atoms with E-state index in [1.54, 1.807) is 13.8 Å². The molecule has 0 amide bonds. The smallest absolute Gasteiger partial charge is 0.162 e. The first-order chi connectivity index (χ1) is 5.95. The summed E-state index contributed by atoms with van der Waals surface area (Å²) < 4.78 is 0. The molecule has 1 rings (SSSR count). The van der Waals surface area contributed by atoms with E-state index in [2.05, 4.69) is 4.98 Å². The number of nitrogens with one attached hydrogen (secondary N) is 1. The lowest BCUT2D eigenvalue weighted by Gasteiger charge is -2.01. The van der Waals surface area contributed by atoms with E-state index >= 15 is 0 Å². The molecule has 0 aliphatic rings. The molecule has 0 spiro atoms. The van der Waals surface area contributed by atoms with Crippen molar-refractivity contribution in [1.82, 2.24) is 4.98 Å². The van der Waals surface area contributed by atoms with Crippen LogP contribution < -0.4 is 5.11 Å². The van der Waals surface area contributed by atoms with Crippen LogP contribution in [0, 0.1) is 13.8 Å². The standard InChI is InChI=1S/C9H11NO3/c1-4-5(2)10-8(9(12)13)7(4)6(3)11/h10H,1-3H3,(H,12,13)/p-1. The summed E-state index contributed by atoms with van der Waals surface area (Å²) in [5.74, 6) is -1.61. The number of rotatable bonds is 2. The van der Waals surface area contributed by atoms with Crippen molar-refractivity contribution in [1.29, 1.82) is 0 Å². The highest BCUT2D eigenvalue weighted by atomic mass is 16.4. The molecule has 0 saturated carbocycles. The maximum atomic E-state index is 11.1. The van der Waals surface area contributed by atoms with E-state index in [1.165, 1.54) is 6.92 Å². The van der Waals surface area contributed by atoms with Gasteiger partial charge in [0.1, 0.15) is 0 Å². The largest absolute Gasteiger partial charge is 0.543 e. The fraction of sp³-hybridized carbons (Fsp3) is 0.333. The normalized spacial score (nSPS) is 10.1. The molecule has 0 saturated heterocycles. The number of aromatic amines is 1. The number of ketones is 1. The Balaban J connectivity index is 3.44. The molecule has 0 radical (unpaired) electrons. The average molecular weight is 180 g/mol. The first-order valence-electron chi connectivity index (χ1n) is 3.86. The Bertz CT molecular complexity index is 376. The van der Waals surface area contributed by atoms with Crippen LogP contribution in [0.2, 0.25) is 0 Å². The lowest BCUT2D eigenvalue weighted by Crippen LogP contribution is -2.24. The van der Waals surface area contributed by atoms with Gasteiger partial charge in [-0.15, -0.1) is 0 Å². The number of H-pyrrole nitrogens is 1. The number of hydrogen-bond donors (Lipinski definition) is 1. The molecule has 0 atom stereocenters. The second-order valence-corrected chi connectivity index (χ2v) is 2.97. The minimum Gasteiger partial charge on any atom is -0.543 e. The maximum Gasteiger partial charge on any atom is 0.162 e. The van der Waals surface area contributed by atoms with Crippen LogP contribution >= 0.6 is 0 Å². The second-order valence-electron chi connectivity index (χ2n) is 2.97. The molecule has 1 aromatic rings. The van der Waals surface area contributed by atoms with Gasteiger partial charge in [-0.3, -0.25) is 4.79 Å². The zero-order chi connectivity index (χ0) is 10.2. The molecular formula is C9H10NO3-. The van der Waals surface area contributed by atoms with Crippen LogP contribution in [0.5, 0.6) is 0 Å². The molecule has 4 nitrogen and oxygen atoms in total. The zero-order valence-corrected chi connectivity index (χ0v) is 7.72. The Kier molecular flexibility index (Phi) is 2.23. The molecule has 0 aromatic carbocycles. The number of carboxylic acids is 1. The Morgan fingerprint density at radius 3 is 2.15 bits per heavy atom. The SMILES string of the molecule is CC(=O)c1c(C(=O)[O-])[nH]c(C)c1C. The number of aromatic nitrogens is 1. The van der Waals surface area contributed by atoms with Gasteiger partial charge in [0.05, 0.1) is 11.7 Å². The highest BCUT2D eigenvalue weighted by Gasteiger charge is 2.15. The van der Waals surface area contributed by atoms with Gasteiger partial charge in [-0.25, -0.2) is 0 Å². The average Bonchev–Trinajstić information content (AvgIpc) is 2.28. The molecule has 1 aromatic heterocycles. The van der Waals surface area contributed by atoms with Crippen LogP contribution in [-0.2, 0) is 0 Å². The highest BCUT2D eigenvalue weighted by Crippen LogP contribution is 2.17. The number of aromatic carboxylic acids is 1. The molecular weight excluding hydrogens is 170 g/mol. The van der Waals surface area contributed by atoms with Crippen LogP contribution in [-0.4, -0.2) is 16.7 Å². The molecule has 1 heterocycles. The molecule has 13 heavy (non-hydrogen) atoms. The Hall–Kier alpha value is -1.58. The minimum atomic E-state index is -1.35. The molecule has 0 aliphatic heterocycles. The van der Waals surface area contributed by atoms with Crippen LogP contribution in [0.25, 0.3) is 0 Å². The summed E-state index contributed by atoms with van der Waals surface area (Å²) in [4.78, 5) is 24.3. The number of carbonyl (C=O) groups excluding carboxylic acids is 2. The van der Waals surface area contributed by atoms with Crippen molar-refractivity contribution in [2.45, 2.75) is 20.8 Å². The monoisotopic (exact) mass is 180 g/mol. The van der Waals surface area contributed by atoms with Gasteiger partial charge in [0.25, 0.3) is 0 Å². The van der Waals surface area contributed by atoms with Gasteiger partial charge in [0.15, 0.2) is 5.78 Å². The number of aryl methyl sites for hydroxylation is 1. The van der Waals surface area contributed by atoms with Crippen LogP contribution in [0.3, 0.4) is 0 Å². The van der Waals surface area contributed by atoms with Crippen LogP contribution in [0.15, 0.2) is 0 Å². The van der Waals surface area contributed by atoms with E-state index in [0.717, 1.165) is 0 Å². The number of carboxylic acid groups (broad SMARTS) is 1. The first-order valence-corrected chi connectivity index (χ1v) is 3.86. The van der Waals surface area contributed by atoms with E-state index in [9.17, 15) is 14.7 Å². The Morgan fingerprint density at radius 2 is 1.85 bits per heavy atom. The predicted octanol–water partition coefficient (Wildman–Crippen LogP) is 0.198. The van der Waals surface area contributed by atoms with Gasteiger partial charge in [-0.05, 0) is 26.3 Å². The molecule has 4 heteroatoms. The van der Waals surface area contributed by atoms with E-state index in [1.807, 2.05) is 0 Å². The predicted molar refractivity (Wildman–Crippen MR) is 44.6 cm³/mol. The van der Waals surface area contributed by atoms with Crippen molar-refractivity contribution in [2.75, 3.05) is 0 Å². The molecule has 0 bridgehead atoms. The fourth-order valence-electron chi connectivity index (χ4n) is 1.31. The second kappa shape index (κ2) is 3.05. The highest BCUT2D eigenvalue weighted by molar-refractivity contribution is 6.04. The number of hydrogen-bond acceptors (Lipinski definition) is 3. The van der Waals surface area contributed by atoms with Crippen molar-refractivity contribution < 1.29 is 14.7 Å². The van der Waals surface area contributed by atoms with Gasteiger partial charge in [-0.2, -0.15) is 0 Å². The quantitative estimate of drug-likeness (QED) is 0.660. The molecule has 0 unspecified atom stereocenters. The summed E-state index contributed by atoms with van der Waals surface area (Å²) in [5, 5.41) is 10.6. The van der Waals surface area contributed by atoms with Crippen molar-refractivity contribution >= 4 is 11.8 Å². The topological polar surface area (TPSA) is 73.0 Å². The lowest BCUT2D eigenvalue weighted by molar-refractivity contribution is -0.255. The zero-order valence-electron chi connectivity index (χ0n) is 7.72. The van der Waals surface area contributed by atoms with Crippen LogP contribution in [0.1, 0.15) is 39.0 Å². The van der Waals surface area contributed by atoms with Gasteiger partial charge >= 0.3 is 0 Å². The van der Waals surface area contributed by atoms with Gasteiger partial charge in [0.2, 0.25) is 0 Å². The first kappa shape index (κ1) is 9.51. The fourth-order valence-corrected chi connectivity index (χ4v) is 1.31. The summed E-state index contributed by atoms with van der Waals surface area (Å²) in [6.45, 7) is 4.76. The van der Waals surface area contributed by atoms with E-state index < -0.39 is 5.97 Å². The Morgan fingerprint density at radius 1 is 1.31 bits per heavy atom. The van der Waals surface area contributed by atoms with Gasteiger partial charge < -0.3 is 14.9 Å². The van der Waals surface area contributed by atoms with Crippen molar-refractivity contribution in [3.63, 3.8) is 0 Å². The molecule has 0 aliphatic carbocycles. The molecule has 0 fully saturated rings. The van der Waals surface area contributed by atoms with E-state index in [-0.39, 0.29) is 17.0 Å². The summed E-state index contributed by atoms with van der Waals surface area (Å²) >= 11 is 0. The maximum absolute atomic E-state index is 11.1. The van der Waals surface area contributed by atoms with Gasteiger partial charge in [-0.1, -0.05) is 0 Å². The third-order valence-corrected chi connectivity index (χ3v) is 2.06. The molecule has 70 valence electrons. The van der Waals surface area contributed by atoms with Gasteiger partial charge in [0, 0.05) is 11.3 Å². The van der Waals surface area contributed by atoms with Crippen molar-refractivity contribution in [3.05, 3.63) is 22.5 Å². The molecule has 1 N–H and O–H groups in total. The lowest BCUT2D eigenvalue weighted by atomic mass is 10.1. The Labute approximate surface area is 75.6 Å². The van der Waals surface area contributed by atoms with Crippen LogP contribution in [0.4, 0.5) is 0 Å². The number of carbonyl (C=O) groups is 2. The van der Waals surface area contributed by atoms with E-state index in [4.69, 9.17) is 0 Å². The number of Topliss-reactive ketones (excluding diaryl/α,β-unsaturated/α-hetero) is 1. The summed E-state index contributed by atoms with van der Waals surface area (Å²) in [6.07, 6.45) is 0. The van der Waals surface area contributed by atoms with Crippen molar-refractivity contribution in [3.8, 4) is 0 Å². The summed E-state index contributed by atoms with van der Waals surface area (Å²) in [5.41, 5.74) is 1.45. The summed E-state index contributed by atoms with van der Waals surface area (Å²) in [6, 6.07) is 0. The third-order valence-electron chi connectivity index (χ3n) is 2.06. The minimum absolute atomic E-state index is 0.123. The summed E-state index contributed by atoms with van der Waals surface area (Å²) in [7, 11) is 0. The van der Waals surface area contributed by atoms with Crippen molar-refractivity contribution in [2.24, 2.45) is 0 Å². The van der Waals surface area contributed by atoms with E-state index in [0.29, 0.717) is 11.3 Å². The third kappa shape index (κ3) is 1.47.